The summed E-state index contributed by atoms with van der Waals surface area (Å²) in [5, 5.41) is 9.19. The fraction of sp³-hybridized carbons (Fsp3) is 0.214. The number of hydrogen-bond donors (Lipinski definition) is 1. The first kappa shape index (κ1) is 13.8. The average Bonchev–Trinajstić information content (AvgIpc) is 2.76. The molecule has 1 aromatic carbocycles. The van der Waals surface area contributed by atoms with E-state index in [1.165, 1.54) is 18.2 Å². The van der Waals surface area contributed by atoms with Gasteiger partial charge in [0.25, 0.3) is 0 Å². The lowest BCUT2D eigenvalue weighted by Gasteiger charge is -2.16. The Hall–Kier alpha value is -1.62. The van der Waals surface area contributed by atoms with Crippen LogP contribution in [-0.4, -0.2) is 15.6 Å². The van der Waals surface area contributed by atoms with Crippen molar-refractivity contribution in [2.75, 3.05) is 0 Å². The van der Waals surface area contributed by atoms with E-state index in [0.717, 1.165) is 4.47 Å². The molecule has 19 heavy (non-hydrogen) atoms. The Kier molecular flexibility index (Phi) is 3.75. The third-order valence-electron chi connectivity index (χ3n) is 2.86. The van der Waals surface area contributed by atoms with Gasteiger partial charge in [-0.2, -0.15) is 0 Å². The summed E-state index contributed by atoms with van der Waals surface area (Å²) in [6.45, 7) is 3.78. The molecule has 2 aromatic rings. The standard InChI is InChI=1S/C14H13BrFNO2/c1-8(2)17-12(5-6-13(17)14(18)19)10-7-9(16)3-4-11(10)15/h3-8H,1-2H3,(H,18,19). The number of hydrogen-bond acceptors (Lipinski definition) is 1. The third kappa shape index (κ3) is 2.56. The topological polar surface area (TPSA) is 42.2 Å². The molecule has 100 valence electrons. The van der Waals surface area contributed by atoms with Gasteiger partial charge in [-0.05, 0) is 44.2 Å². The second-order valence-electron chi connectivity index (χ2n) is 4.50. The molecule has 1 heterocycles. The molecule has 0 aliphatic rings. The first-order chi connectivity index (χ1) is 8.91. The normalized spacial score (nSPS) is 11.0. The Morgan fingerprint density at radius 1 is 1.32 bits per heavy atom. The van der Waals surface area contributed by atoms with Crippen LogP contribution >= 0.6 is 15.9 Å². The minimum atomic E-state index is -0.993. The summed E-state index contributed by atoms with van der Waals surface area (Å²) in [5.74, 6) is -1.35. The zero-order chi connectivity index (χ0) is 14.2. The molecule has 0 radical (unpaired) electrons. The summed E-state index contributed by atoms with van der Waals surface area (Å²) in [6, 6.07) is 7.56. The molecule has 1 N–H and O–H groups in total. The maximum atomic E-state index is 13.4. The number of aromatic carboxylic acids is 1. The fourth-order valence-electron chi connectivity index (χ4n) is 2.09. The van der Waals surface area contributed by atoms with Gasteiger partial charge < -0.3 is 9.67 Å². The highest BCUT2D eigenvalue weighted by molar-refractivity contribution is 9.10. The molecule has 1 aromatic heterocycles. The molecule has 0 saturated heterocycles. The minimum Gasteiger partial charge on any atom is -0.477 e. The van der Waals surface area contributed by atoms with Crippen LogP contribution < -0.4 is 0 Å². The summed E-state index contributed by atoms with van der Waals surface area (Å²) in [6.07, 6.45) is 0. The van der Waals surface area contributed by atoms with E-state index in [4.69, 9.17) is 0 Å². The summed E-state index contributed by atoms with van der Waals surface area (Å²) in [7, 11) is 0. The number of rotatable bonds is 3. The van der Waals surface area contributed by atoms with Gasteiger partial charge in [0.05, 0.1) is 5.69 Å². The number of benzene rings is 1. The van der Waals surface area contributed by atoms with Crippen LogP contribution in [0, 0.1) is 5.82 Å². The highest BCUT2D eigenvalue weighted by atomic mass is 79.9. The number of carboxylic acid groups (broad SMARTS) is 1. The summed E-state index contributed by atoms with van der Waals surface area (Å²) in [5.41, 5.74) is 1.51. The van der Waals surface area contributed by atoms with Crippen LogP contribution in [0.5, 0.6) is 0 Å². The summed E-state index contributed by atoms with van der Waals surface area (Å²) >= 11 is 3.37. The smallest absolute Gasteiger partial charge is 0.352 e. The van der Waals surface area contributed by atoms with Crippen molar-refractivity contribution in [2.45, 2.75) is 19.9 Å². The van der Waals surface area contributed by atoms with Crippen molar-refractivity contribution in [3.63, 3.8) is 0 Å². The molecule has 0 unspecified atom stereocenters. The average molecular weight is 326 g/mol. The maximum absolute atomic E-state index is 13.4. The van der Waals surface area contributed by atoms with E-state index in [1.54, 1.807) is 16.7 Å². The molecule has 0 aliphatic carbocycles. The van der Waals surface area contributed by atoms with Gasteiger partial charge in [0.2, 0.25) is 0 Å². The highest BCUT2D eigenvalue weighted by Crippen LogP contribution is 2.32. The van der Waals surface area contributed by atoms with Gasteiger partial charge in [-0.15, -0.1) is 0 Å². The van der Waals surface area contributed by atoms with E-state index in [2.05, 4.69) is 15.9 Å². The lowest BCUT2D eigenvalue weighted by molar-refractivity contribution is 0.0683. The second-order valence-corrected chi connectivity index (χ2v) is 5.35. The van der Waals surface area contributed by atoms with Gasteiger partial charge in [0.15, 0.2) is 0 Å². The Balaban J connectivity index is 2.69. The van der Waals surface area contributed by atoms with Crippen molar-refractivity contribution in [3.8, 4) is 11.3 Å². The van der Waals surface area contributed by atoms with Gasteiger partial charge >= 0.3 is 5.97 Å². The number of aromatic nitrogens is 1. The molecule has 0 fully saturated rings. The van der Waals surface area contributed by atoms with E-state index >= 15 is 0 Å². The zero-order valence-corrected chi connectivity index (χ0v) is 12.1. The Morgan fingerprint density at radius 3 is 2.58 bits per heavy atom. The molecule has 3 nitrogen and oxygen atoms in total. The summed E-state index contributed by atoms with van der Waals surface area (Å²) in [4.78, 5) is 11.2. The lowest BCUT2D eigenvalue weighted by Crippen LogP contribution is -2.11. The van der Waals surface area contributed by atoms with Crippen LogP contribution in [0.2, 0.25) is 0 Å². The van der Waals surface area contributed by atoms with Gasteiger partial charge in [-0.25, -0.2) is 9.18 Å². The van der Waals surface area contributed by atoms with Crippen molar-refractivity contribution >= 4 is 21.9 Å². The van der Waals surface area contributed by atoms with Gasteiger partial charge in [-0.1, -0.05) is 15.9 Å². The third-order valence-corrected chi connectivity index (χ3v) is 3.55. The Bertz CT molecular complexity index is 634. The molecule has 0 atom stereocenters. The van der Waals surface area contributed by atoms with Crippen molar-refractivity contribution in [1.82, 2.24) is 4.57 Å². The summed E-state index contributed by atoms with van der Waals surface area (Å²) < 4.78 is 15.8. The molecular formula is C14H13BrFNO2. The Morgan fingerprint density at radius 2 is 2.00 bits per heavy atom. The van der Waals surface area contributed by atoms with Crippen molar-refractivity contribution in [1.29, 1.82) is 0 Å². The molecule has 0 spiro atoms. The SMILES string of the molecule is CC(C)n1c(C(=O)O)ccc1-c1cc(F)ccc1Br. The Labute approximate surface area is 118 Å². The van der Waals surface area contributed by atoms with Gasteiger partial charge in [0, 0.05) is 16.1 Å². The molecule has 0 saturated carbocycles. The first-order valence-corrected chi connectivity index (χ1v) is 6.61. The highest BCUT2D eigenvalue weighted by Gasteiger charge is 2.18. The monoisotopic (exact) mass is 325 g/mol. The van der Waals surface area contributed by atoms with Gasteiger partial charge in [-0.3, -0.25) is 0 Å². The fourth-order valence-corrected chi connectivity index (χ4v) is 2.54. The molecule has 0 bridgehead atoms. The van der Waals surface area contributed by atoms with E-state index in [-0.39, 0.29) is 17.6 Å². The predicted octanol–water partition coefficient (Wildman–Crippen LogP) is 4.34. The lowest BCUT2D eigenvalue weighted by atomic mass is 10.1. The van der Waals surface area contributed by atoms with Crippen molar-refractivity contribution < 1.29 is 14.3 Å². The van der Waals surface area contributed by atoms with Crippen LogP contribution in [0.25, 0.3) is 11.3 Å². The van der Waals surface area contributed by atoms with Crippen LogP contribution in [0.15, 0.2) is 34.8 Å². The zero-order valence-electron chi connectivity index (χ0n) is 10.5. The molecule has 0 aliphatic heterocycles. The van der Waals surface area contributed by atoms with E-state index in [1.807, 2.05) is 13.8 Å². The molecule has 5 heteroatoms. The van der Waals surface area contributed by atoms with E-state index in [0.29, 0.717) is 11.3 Å². The number of halogens is 2. The van der Waals surface area contributed by atoms with E-state index < -0.39 is 5.97 Å². The van der Waals surface area contributed by atoms with Crippen LogP contribution in [-0.2, 0) is 0 Å². The number of carboxylic acids is 1. The van der Waals surface area contributed by atoms with Crippen molar-refractivity contribution in [3.05, 3.63) is 46.3 Å². The van der Waals surface area contributed by atoms with Crippen LogP contribution in [0.4, 0.5) is 4.39 Å². The second kappa shape index (κ2) is 5.17. The molecular weight excluding hydrogens is 313 g/mol. The quantitative estimate of drug-likeness (QED) is 0.912. The molecule has 2 rings (SSSR count). The van der Waals surface area contributed by atoms with Crippen LogP contribution in [0.3, 0.4) is 0 Å². The van der Waals surface area contributed by atoms with Crippen LogP contribution in [0.1, 0.15) is 30.4 Å². The number of carbonyl (C=O) groups is 1. The van der Waals surface area contributed by atoms with E-state index in [9.17, 15) is 14.3 Å². The molecule has 0 amide bonds. The van der Waals surface area contributed by atoms with Gasteiger partial charge in [0.1, 0.15) is 11.5 Å². The predicted molar refractivity (Wildman–Crippen MR) is 74.9 cm³/mol. The first-order valence-electron chi connectivity index (χ1n) is 5.81. The van der Waals surface area contributed by atoms with Crippen molar-refractivity contribution in [2.24, 2.45) is 0 Å². The number of nitrogens with zero attached hydrogens (tertiary/aromatic N) is 1. The minimum absolute atomic E-state index is 0.0359. The maximum Gasteiger partial charge on any atom is 0.352 e. The largest absolute Gasteiger partial charge is 0.477 e.